The third-order valence-electron chi connectivity index (χ3n) is 2.33. The van der Waals surface area contributed by atoms with Crippen molar-refractivity contribution in [3.05, 3.63) is 29.6 Å². The Hall–Kier alpha value is -2.57. The van der Waals surface area contributed by atoms with Crippen LogP contribution in [0.5, 0.6) is 11.8 Å². The van der Waals surface area contributed by atoms with E-state index in [1.54, 1.807) is 13.0 Å². The highest BCUT2D eigenvalue weighted by molar-refractivity contribution is 5.96. The largest absolute Gasteiger partial charge is 0.462 e. The summed E-state index contributed by atoms with van der Waals surface area (Å²) in [5.41, 5.74) is 7.03. The maximum absolute atomic E-state index is 11.7. The molecule has 0 spiro atoms. The molecule has 7 nitrogen and oxygen atoms in total. The van der Waals surface area contributed by atoms with Gasteiger partial charge in [0.05, 0.1) is 12.2 Å². The van der Waals surface area contributed by atoms with Crippen molar-refractivity contribution in [1.82, 2.24) is 15.2 Å². The standard InChI is InChI=1S/C12H14N4O3/c1-3-18-12(17)8-4-5-14-11(10(8)13)19-9-6-7(2)15-16-9/h4-6H,3,13H2,1-2H3,(H,15,16). The van der Waals surface area contributed by atoms with Crippen LogP contribution in [0.2, 0.25) is 0 Å². The van der Waals surface area contributed by atoms with Gasteiger partial charge in [0.1, 0.15) is 5.69 Å². The van der Waals surface area contributed by atoms with Gasteiger partial charge in [-0.15, -0.1) is 5.10 Å². The van der Waals surface area contributed by atoms with Crippen molar-refractivity contribution in [2.45, 2.75) is 13.8 Å². The van der Waals surface area contributed by atoms with Gasteiger partial charge in [0.2, 0.25) is 11.8 Å². The van der Waals surface area contributed by atoms with Crippen LogP contribution < -0.4 is 10.5 Å². The van der Waals surface area contributed by atoms with Gasteiger partial charge >= 0.3 is 5.97 Å². The second-order valence-electron chi connectivity index (χ2n) is 3.79. The highest BCUT2D eigenvalue weighted by atomic mass is 16.5. The second-order valence-corrected chi connectivity index (χ2v) is 3.79. The number of hydrogen-bond donors (Lipinski definition) is 2. The van der Waals surface area contributed by atoms with Gasteiger partial charge in [0.15, 0.2) is 0 Å². The summed E-state index contributed by atoms with van der Waals surface area (Å²) in [7, 11) is 0. The SMILES string of the molecule is CCOC(=O)c1ccnc(Oc2cc(C)[nH]n2)c1N. The maximum atomic E-state index is 11.7. The number of pyridine rings is 1. The fourth-order valence-electron chi connectivity index (χ4n) is 1.47. The Morgan fingerprint density at radius 2 is 2.32 bits per heavy atom. The Balaban J connectivity index is 2.27. The van der Waals surface area contributed by atoms with E-state index in [4.69, 9.17) is 15.2 Å². The Kier molecular flexibility index (Phi) is 3.65. The summed E-state index contributed by atoms with van der Waals surface area (Å²) < 4.78 is 10.3. The number of aromatic nitrogens is 3. The summed E-state index contributed by atoms with van der Waals surface area (Å²) in [6.07, 6.45) is 1.43. The molecule has 3 N–H and O–H groups in total. The third kappa shape index (κ3) is 2.82. The molecule has 100 valence electrons. The van der Waals surface area contributed by atoms with E-state index in [1.807, 2.05) is 6.92 Å². The van der Waals surface area contributed by atoms with Gasteiger partial charge in [-0.25, -0.2) is 9.78 Å². The van der Waals surface area contributed by atoms with Gasteiger partial charge < -0.3 is 15.2 Å². The zero-order valence-corrected chi connectivity index (χ0v) is 10.6. The van der Waals surface area contributed by atoms with Crippen molar-refractivity contribution in [2.75, 3.05) is 12.3 Å². The molecule has 2 aromatic heterocycles. The minimum absolute atomic E-state index is 0.122. The molecule has 0 aliphatic rings. The Labute approximate surface area is 109 Å². The molecule has 2 rings (SSSR count). The molecule has 0 amide bonds. The fraction of sp³-hybridized carbons (Fsp3) is 0.250. The third-order valence-corrected chi connectivity index (χ3v) is 2.33. The molecule has 0 aliphatic carbocycles. The van der Waals surface area contributed by atoms with Crippen LogP contribution >= 0.6 is 0 Å². The number of nitrogens with two attached hydrogens (primary N) is 1. The smallest absolute Gasteiger partial charge is 0.340 e. The lowest BCUT2D eigenvalue weighted by atomic mass is 10.2. The lowest BCUT2D eigenvalue weighted by molar-refractivity contribution is 0.0527. The first-order chi connectivity index (χ1) is 9.11. The van der Waals surface area contributed by atoms with Crippen molar-refractivity contribution >= 4 is 11.7 Å². The number of esters is 1. The molecular weight excluding hydrogens is 248 g/mol. The van der Waals surface area contributed by atoms with Crippen molar-refractivity contribution in [3.8, 4) is 11.8 Å². The molecule has 7 heteroatoms. The molecule has 0 saturated carbocycles. The normalized spacial score (nSPS) is 10.2. The molecule has 0 atom stereocenters. The maximum Gasteiger partial charge on any atom is 0.340 e. The molecule has 0 bridgehead atoms. The van der Waals surface area contributed by atoms with E-state index < -0.39 is 5.97 Å². The van der Waals surface area contributed by atoms with Gasteiger partial charge in [-0.3, -0.25) is 5.10 Å². The van der Waals surface area contributed by atoms with Gasteiger partial charge in [0, 0.05) is 18.0 Å². The number of anilines is 1. The van der Waals surface area contributed by atoms with Crippen LogP contribution in [0, 0.1) is 6.92 Å². The van der Waals surface area contributed by atoms with E-state index in [2.05, 4.69) is 15.2 Å². The van der Waals surface area contributed by atoms with E-state index >= 15 is 0 Å². The van der Waals surface area contributed by atoms with Crippen LogP contribution in [0.4, 0.5) is 5.69 Å². The first-order valence-corrected chi connectivity index (χ1v) is 5.73. The average molecular weight is 262 g/mol. The number of aryl methyl sites for hydroxylation is 1. The minimum Gasteiger partial charge on any atom is -0.462 e. The first kappa shape index (κ1) is 12.9. The van der Waals surface area contributed by atoms with Crippen LogP contribution in [-0.4, -0.2) is 27.8 Å². The van der Waals surface area contributed by atoms with Crippen molar-refractivity contribution in [3.63, 3.8) is 0 Å². The Morgan fingerprint density at radius 1 is 1.53 bits per heavy atom. The Morgan fingerprint density at radius 3 is 2.95 bits per heavy atom. The van der Waals surface area contributed by atoms with Gasteiger partial charge in [0.25, 0.3) is 0 Å². The first-order valence-electron chi connectivity index (χ1n) is 5.73. The number of carbonyl (C=O) groups excluding carboxylic acids is 1. The van der Waals surface area contributed by atoms with E-state index in [1.165, 1.54) is 12.3 Å². The molecule has 0 radical (unpaired) electrons. The van der Waals surface area contributed by atoms with Crippen LogP contribution in [0.15, 0.2) is 18.3 Å². The molecular formula is C12H14N4O3. The topological polar surface area (TPSA) is 103 Å². The van der Waals surface area contributed by atoms with Gasteiger partial charge in [-0.2, -0.15) is 0 Å². The predicted octanol–water partition coefficient (Wildman–Crippen LogP) is 1.66. The Bertz CT molecular complexity index is 594. The summed E-state index contributed by atoms with van der Waals surface area (Å²) in [6, 6.07) is 3.17. The van der Waals surface area contributed by atoms with E-state index in [0.717, 1.165) is 5.69 Å². The van der Waals surface area contributed by atoms with Gasteiger partial charge in [-0.1, -0.05) is 0 Å². The van der Waals surface area contributed by atoms with E-state index in [0.29, 0.717) is 5.88 Å². The van der Waals surface area contributed by atoms with Crippen molar-refractivity contribution in [2.24, 2.45) is 0 Å². The lowest BCUT2D eigenvalue weighted by Gasteiger charge is -2.08. The van der Waals surface area contributed by atoms with Crippen LogP contribution in [0.1, 0.15) is 23.0 Å². The van der Waals surface area contributed by atoms with Gasteiger partial charge in [-0.05, 0) is 19.9 Å². The molecule has 0 aliphatic heterocycles. The summed E-state index contributed by atoms with van der Waals surface area (Å²) in [4.78, 5) is 15.6. The van der Waals surface area contributed by atoms with E-state index in [9.17, 15) is 4.79 Å². The van der Waals surface area contributed by atoms with Crippen LogP contribution in [0.3, 0.4) is 0 Å². The minimum atomic E-state index is -0.509. The molecule has 0 unspecified atom stereocenters. The highest BCUT2D eigenvalue weighted by Crippen LogP contribution is 2.27. The van der Waals surface area contributed by atoms with Crippen molar-refractivity contribution < 1.29 is 14.3 Å². The van der Waals surface area contributed by atoms with E-state index in [-0.39, 0.29) is 23.7 Å². The monoisotopic (exact) mass is 262 g/mol. The number of nitrogens with one attached hydrogen (secondary N) is 1. The summed E-state index contributed by atoms with van der Waals surface area (Å²) in [5, 5.41) is 6.63. The summed E-state index contributed by atoms with van der Waals surface area (Å²) in [6.45, 7) is 3.83. The molecule has 0 fully saturated rings. The quantitative estimate of drug-likeness (QED) is 0.812. The molecule has 2 aromatic rings. The zero-order valence-electron chi connectivity index (χ0n) is 10.6. The number of ether oxygens (including phenoxy) is 2. The van der Waals surface area contributed by atoms with Crippen LogP contribution in [-0.2, 0) is 4.74 Å². The molecule has 19 heavy (non-hydrogen) atoms. The number of hydrogen-bond acceptors (Lipinski definition) is 6. The zero-order chi connectivity index (χ0) is 13.8. The molecule has 0 aromatic carbocycles. The summed E-state index contributed by atoms with van der Waals surface area (Å²) >= 11 is 0. The fourth-order valence-corrected chi connectivity index (χ4v) is 1.47. The lowest BCUT2D eigenvalue weighted by Crippen LogP contribution is -2.09. The van der Waals surface area contributed by atoms with Crippen LogP contribution in [0.25, 0.3) is 0 Å². The predicted molar refractivity (Wildman–Crippen MR) is 68.0 cm³/mol. The average Bonchev–Trinajstić information content (AvgIpc) is 2.78. The number of H-pyrrole nitrogens is 1. The number of nitrogens with zero attached hydrogens (tertiary/aromatic N) is 2. The second kappa shape index (κ2) is 5.38. The molecule has 2 heterocycles. The van der Waals surface area contributed by atoms with Crippen molar-refractivity contribution in [1.29, 1.82) is 0 Å². The summed E-state index contributed by atoms with van der Waals surface area (Å²) in [5.74, 6) is -0.0554. The number of aromatic amines is 1. The number of nitrogen functional groups attached to an aromatic ring is 1. The number of rotatable bonds is 4. The molecule has 0 saturated heterocycles. The number of carbonyl (C=O) groups is 1. The highest BCUT2D eigenvalue weighted by Gasteiger charge is 2.16.